The van der Waals surface area contributed by atoms with Gasteiger partial charge < -0.3 is 8.98 Å². The van der Waals surface area contributed by atoms with E-state index >= 15 is 0 Å². The van der Waals surface area contributed by atoms with Crippen molar-refractivity contribution < 1.29 is 4.42 Å². The van der Waals surface area contributed by atoms with Crippen LogP contribution in [-0.2, 0) is 0 Å². The number of thiophene rings is 1. The smallest absolute Gasteiger partial charge is 0.159 e. The Hall–Kier alpha value is -6.15. The minimum absolute atomic E-state index is 0.629. The van der Waals surface area contributed by atoms with Crippen LogP contribution in [0.3, 0.4) is 0 Å². The molecular formula is C43H24N2OS. The number of furan rings is 1. The molecule has 0 spiro atoms. The maximum absolute atomic E-state index is 9.78. The molecule has 47 heavy (non-hydrogen) atoms. The highest BCUT2D eigenvalue weighted by Crippen LogP contribution is 2.44. The van der Waals surface area contributed by atoms with E-state index in [4.69, 9.17) is 4.42 Å². The van der Waals surface area contributed by atoms with Crippen molar-refractivity contribution in [2.45, 2.75) is 0 Å². The van der Waals surface area contributed by atoms with Crippen molar-refractivity contribution in [2.75, 3.05) is 0 Å². The molecule has 10 aromatic rings. The Labute approximate surface area is 273 Å². The molecule has 0 saturated heterocycles. The summed E-state index contributed by atoms with van der Waals surface area (Å²) in [5.74, 6) is 0. The maximum atomic E-state index is 9.78. The summed E-state index contributed by atoms with van der Waals surface area (Å²) in [7, 11) is 0. The molecule has 0 atom stereocenters. The van der Waals surface area contributed by atoms with Crippen LogP contribution in [0.15, 0.2) is 150 Å². The third kappa shape index (κ3) is 3.85. The van der Waals surface area contributed by atoms with Crippen molar-refractivity contribution in [1.29, 1.82) is 5.26 Å². The second kappa shape index (κ2) is 9.92. The lowest BCUT2D eigenvalue weighted by molar-refractivity contribution is 0.667. The summed E-state index contributed by atoms with van der Waals surface area (Å²) >= 11 is 1.84. The Balaban J connectivity index is 1.28. The number of hydrogen-bond donors (Lipinski definition) is 0. The van der Waals surface area contributed by atoms with E-state index in [9.17, 15) is 5.26 Å². The van der Waals surface area contributed by atoms with E-state index in [1.807, 2.05) is 23.5 Å². The van der Waals surface area contributed by atoms with Crippen LogP contribution >= 0.6 is 11.3 Å². The van der Waals surface area contributed by atoms with Crippen LogP contribution in [-0.4, -0.2) is 4.57 Å². The largest absolute Gasteiger partial charge is 0.453 e. The molecule has 3 nitrogen and oxygen atoms in total. The summed E-state index contributed by atoms with van der Waals surface area (Å²) in [5, 5.41) is 16.7. The highest BCUT2D eigenvalue weighted by atomic mass is 32.1. The van der Waals surface area contributed by atoms with Crippen LogP contribution in [0.5, 0.6) is 0 Å². The molecule has 0 aliphatic carbocycles. The van der Waals surface area contributed by atoms with Crippen molar-refractivity contribution in [3.63, 3.8) is 0 Å². The summed E-state index contributed by atoms with van der Waals surface area (Å²) < 4.78 is 11.8. The third-order valence-corrected chi connectivity index (χ3v) is 10.6. The molecule has 3 aromatic heterocycles. The molecule has 0 bridgehead atoms. The predicted octanol–water partition coefficient (Wildman–Crippen LogP) is 12.3. The van der Waals surface area contributed by atoms with Crippen LogP contribution < -0.4 is 0 Å². The lowest BCUT2D eigenvalue weighted by atomic mass is 9.95. The first-order valence-corrected chi connectivity index (χ1v) is 16.5. The Kier molecular flexibility index (Phi) is 5.51. The van der Waals surface area contributed by atoms with Crippen LogP contribution in [0.25, 0.3) is 91.9 Å². The molecule has 0 aliphatic heterocycles. The van der Waals surface area contributed by atoms with Gasteiger partial charge in [0.05, 0.1) is 28.4 Å². The molecule has 0 fully saturated rings. The second-order valence-corrected chi connectivity index (χ2v) is 13.1. The van der Waals surface area contributed by atoms with Crippen LogP contribution in [0, 0.1) is 11.3 Å². The standard InChI is InChI=1S/C43H24N2OS/c44-25-26-17-19-31-30-11-4-6-14-37(30)45(39(31)21-26)38-15-8-13-33-36-24-29(23-34(42(36)46-43(33)38)27-9-2-1-3-10-27)28-18-20-41-35(22-28)32-12-5-7-16-40(32)47-41/h1-24H. The molecule has 0 saturated carbocycles. The van der Waals surface area contributed by atoms with Gasteiger partial charge in [-0.2, -0.15) is 5.26 Å². The molecule has 3 heterocycles. The normalized spacial score (nSPS) is 11.8. The first-order chi connectivity index (χ1) is 23.2. The first-order valence-electron chi connectivity index (χ1n) is 15.7. The van der Waals surface area contributed by atoms with Crippen molar-refractivity contribution in [1.82, 2.24) is 4.57 Å². The third-order valence-electron chi connectivity index (χ3n) is 9.42. The van der Waals surface area contributed by atoms with E-state index in [0.717, 1.165) is 66.1 Å². The lowest BCUT2D eigenvalue weighted by Gasteiger charge is -2.08. The molecule has 0 amide bonds. The zero-order valence-corrected chi connectivity index (χ0v) is 25.9. The number of fused-ring (bicyclic) bond motifs is 9. The maximum Gasteiger partial charge on any atom is 0.159 e. The van der Waals surface area contributed by atoms with E-state index in [1.165, 1.54) is 25.7 Å². The van der Waals surface area contributed by atoms with Crippen molar-refractivity contribution in [2.24, 2.45) is 0 Å². The highest BCUT2D eigenvalue weighted by molar-refractivity contribution is 7.25. The SMILES string of the molecule is N#Cc1ccc2c3ccccc3n(-c3cccc4c3oc3c(-c5ccccc5)cc(-c5ccc6sc7ccccc7c6c5)cc34)c2c1. The fraction of sp³-hybridized carbons (Fsp3) is 0. The number of nitrogens with zero attached hydrogens (tertiary/aromatic N) is 2. The Morgan fingerprint density at radius 3 is 2.13 bits per heavy atom. The number of hydrogen-bond acceptors (Lipinski definition) is 3. The number of aromatic nitrogens is 1. The van der Waals surface area contributed by atoms with E-state index in [0.29, 0.717) is 5.56 Å². The predicted molar refractivity (Wildman–Crippen MR) is 197 cm³/mol. The number of benzene rings is 7. The Bertz CT molecular complexity index is 2920. The van der Waals surface area contributed by atoms with E-state index in [1.54, 1.807) is 0 Å². The molecular weight excluding hydrogens is 593 g/mol. The van der Waals surface area contributed by atoms with Gasteiger partial charge in [-0.15, -0.1) is 11.3 Å². The lowest BCUT2D eigenvalue weighted by Crippen LogP contribution is -1.94. The molecule has 0 N–H and O–H groups in total. The molecule has 10 rings (SSSR count). The van der Waals surface area contributed by atoms with Crippen molar-refractivity contribution in [3.8, 4) is 34.0 Å². The fourth-order valence-electron chi connectivity index (χ4n) is 7.27. The van der Waals surface area contributed by atoms with E-state index in [2.05, 4.69) is 144 Å². The van der Waals surface area contributed by atoms with Gasteiger partial charge in [0.15, 0.2) is 5.58 Å². The fourth-order valence-corrected chi connectivity index (χ4v) is 8.35. The minimum Gasteiger partial charge on any atom is -0.453 e. The first kappa shape index (κ1) is 26.1. The summed E-state index contributed by atoms with van der Waals surface area (Å²) in [6.07, 6.45) is 0. The summed E-state index contributed by atoms with van der Waals surface area (Å²) in [6, 6.07) is 53.6. The molecule has 0 aliphatic rings. The van der Waals surface area contributed by atoms with Gasteiger partial charge in [-0.3, -0.25) is 0 Å². The molecule has 0 unspecified atom stereocenters. The Morgan fingerprint density at radius 2 is 1.23 bits per heavy atom. The quantitative estimate of drug-likeness (QED) is 0.198. The second-order valence-electron chi connectivity index (χ2n) is 12.0. The van der Waals surface area contributed by atoms with Crippen molar-refractivity contribution >= 4 is 75.3 Å². The van der Waals surface area contributed by atoms with Gasteiger partial charge >= 0.3 is 0 Å². The summed E-state index contributed by atoms with van der Waals surface area (Å²) in [6.45, 7) is 0. The number of rotatable bonds is 3. The Morgan fingerprint density at radius 1 is 0.489 bits per heavy atom. The monoisotopic (exact) mass is 616 g/mol. The molecule has 0 radical (unpaired) electrons. The van der Waals surface area contributed by atoms with E-state index in [-0.39, 0.29) is 0 Å². The summed E-state index contributed by atoms with van der Waals surface area (Å²) in [5.41, 5.74) is 9.82. The highest BCUT2D eigenvalue weighted by Gasteiger charge is 2.21. The number of para-hydroxylation sites is 2. The van der Waals surface area contributed by atoms with E-state index < -0.39 is 0 Å². The molecule has 7 aromatic carbocycles. The molecule has 4 heteroatoms. The van der Waals surface area contributed by atoms with Crippen LogP contribution in [0.1, 0.15) is 5.56 Å². The van der Waals surface area contributed by atoms with Gasteiger partial charge in [0.1, 0.15) is 5.58 Å². The minimum atomic E-state index is 0.629. The molecule has 218 valence electrons. The van der Waals surface area contributed by atoms with Crippen LogP contribution in [0.4, 0.5) is 0 Å². The van der Waals surface area contributed by atoms with Gasteiger partial charge in [-0.1, -0.05) is 91.0 Å². The van der Waals surface area contributed by atoms with Gasteiger partial charge in [-0.25, -0.2) is 0 Å². The van der Waals surface area contributed by atoms with Crippen LogP contribution in [0.2, 0.25) is 0 Å². The topological polar surface area (TPSA) is 41.9 Å². The van der Waals surface area contributed by atoms with Gasteiger partial charge in [0.25, 0.3) is 0 Å². The average molecular weight is 617 g/mol. The van der Waals surface area contributed by atoms with Crippen molar-refractivity contribution in [3.05, 3.63) is 151 Å². The van der Waals surface area contributed by atoms with Gasteiger partial charge in [0.2, 0.25) is 0 Å². The zero-order valence-electron chi connectivity index (χ0n) is 25.1. The average Bonchev–Trinajstić information content (AvgIpc) is 3.80. The number of nitriles is 1. The summed E-state index contributed by atoms with van der Waals surface area (Å²) in [4.78, 5) is 0. The van der Waals surface area contributed by atoms with Gasteiger partial charge in [0, 0.05) is 47.3 Å². The van der Waals surface area contributed by atoms with Gasteiger partial charge in [-0.05, 0) is 71.3 Å². The zero-order chi connectivity index (χ0) is 31.1.